The Morgan fingerprint density at radius 1 is 1.13 bits per heavy atom. The number of nitrogens with two attached hydrogens (primary N) is 1. The van der Waals surface area contributed by atoms with E-state index in [1.807, 2.05) is 13.8 Å². The van der Waals surface area contributed by atoms with Gasteiger partial charge in [0.1, 0.15) is 0 Å². The highest BCUT2D eigenvalue weighted by molar-refractivity contribution is 7.90. The van der Waals surface area contributed by atoms with Gasteiger partial charge in [-0.2, -0.15) is 0 Å². The molecule has 4 heteroatoms. The molecule has 0 heterocycles. The largest absolute Gasteiger partial charge is 0.324 e. The van der Waals surface area contributed by atoms with Crippen LogP contribution in [0.1, 0.15) is 25.5 Å². The molecule has 0 saturated heterocycles. The average Bonchev–Trinajstić information content (AvgIpc) is 2.15. The first-order chi connectivity index (χ1) is 6.82. The van der Waals surface area contributed by atoms with E-state index in [2.05, 4.69) is 0 Å². The second kappa shape index (κ2) is 4.33. The highest BCUT2D eigenvalue weighted by Crippen LogP contribution is 2.20. The highest BCUT2D eigenvalue weighted by atomic mass is 32.2. The summed E-state index contributed by atoms with van der Waals surface area (Å²) in [7, 11) is -3.11. The molecule has 2 N–H and O–H groups in total. The molecule has 0 fully saturated rings. The molecule has 0 aromatic heterocycles. The van der Waals surface area contributed by atoms with Crippen LogP contribution in [0.25, 0.3) is 0 Å². The molecule has 15 heavy (non-hydrogen) atoms. The van der Waals surface area contributed by atoms with E-state index in [1.54, 1.807) is 24.3 Å². The third-order valence-corrected chi connectivity index (χ3v) is 3.54. The smallest absolute Gasteiger partial charge is 0.175 e. The van der Waals surface area contributed by atoms with Crippen molar-refractivity contribution in [1.82, 2.24) is 0 Å². The first-order valence-corrected chi connectivity index (χ1v) is 6.77. The Hall–Kier alpha value is -0.870. The topological polar surface area (TPSA) is 60.2 Å². The van der Waals surface area contributed by atoms with Crippen LogP contribution in [0, 0.1) is 5.92 Å². The van der Waals surface area contributed by atoms with Gasteiger partial charge in [0.2, 0.25) is 0 Å². The fourth-order valence-corrected chi connectivity index (χ4v) is 1.95. The summed E-state index contributed by atoms with van der Waals surface area (Å²) >= 11 is 0. The van der Waals surface area contributed by atoms with Crippen LogP contribution >= 0.6 is 0 Å². The van der Waals surface area contributed by atoms with Crippen molar-refractivity contribution in [1.29, 1.82) is 0 Å². The summed E-state index contributed by atoms with van der Waals surface area (Å²) < 4.78 is 22.4. The van der Waals surface area contributed by atoms with Crippen LogP contribution in [0.5, 0.6) is 0 Å². The van der Waals surface area contributed by atoms with Crippen LogP contribution in [0.4, 0.5) is 0 Å². The SMILES string of the molecule is CC(C)[C@@H](N)c1ccc(S(C)(=O)=O)cc1. The molecule has 3 nitrogen and oxygen atoms in total. The molecular weight excluding hydrogens is 210 g/mol. The lowest BCUT2D eigenvalue weighted by Crippen LogP contribution is -2.16. The monoisotopic (exact) mass is 227 g/mol. The molecule has 1 atom stereocenters. The van der Waals surface area contributed by atoms with Gasteiger partial charge in [-0.3, -0.25) is 0 Å². The Bertz CT molecular complexity index is 420. The molecule has 0 bridgehead atoms. The lowest BCUT2D eigenvalue weighted by molar-refractivity contribution is 0.514. The van der Waals surface area contributed by atoms with Crippen molar-refractivity contribution in [2.45, 2.75) is 24.8 Å². The Labute approximate surface area is 91.2 Å². The summed E-state index contributed by atoms with van der Waals surface area (Å²) in [5, 5.41) is 0. The first-order valence-electron chi connectivity index (χ1n) is 4.88. The van der Waals surface area contributed by atoms with Gasteiger partial charge in [-0.05, 0) is 23.6 Å². The van der Waals surface area contributed by atoms with Crippen molar-refractivity contribution in [2.24, 2.45) is 11.7 Å². The zero-order valence-corrected chi connectivity index (χ0v) is 10.1. The molecular formula is C11H17NO2S. The summed E-state index contributed by atoms with van der Waals surface area (Å²) in [6.45, 7) is 4.07. The molecule has 0 spiro atoms. The van der Waals surface area contributed by atoms with E-state index in [9.17, 15) is 8.42 Å². The first kappa shape index (κ1) is 12.2. The molecule has 0 aliphatic heterocycles. The minimum absolute atomic E-state index is 0.0430. The number of rotatable bonds is 3. The molecule has 84 valence electrons. The van der Waals surface area contributed by atoms with Gasteiger partial charge in [0, 0.05) is 12.3 Å². The van der Waals surface area contributed by atoms with Crippen molar-refractivity contribution in [3.8, 4) is 0 Å². The van der Waals surface area contributed by atoms with Crippen LogP contribution < -0.4 is 5.73 Å². The van der Waals surface area contributed by atoms with Crippen LogP contribution in [-0.2, 0) is 9.84 Å². The van der Waals surface area contributed by atoms with E-state index < -0.39 is 9.84 Å². The fourth-order valence-electron chi connectivity index (χ4n) is 1.32. The third kappa shape index (κ3) is 3.04. The second-order valence-electron chi connectivity index (χ2n) is 4.11. The molecule has 0 saturated carbocycles. The number of benzene rings is 1. The number of hydrogen-bond acceptors (Lipinski definition) is 3. The predicted molar refractivity (Wildman–Crippen MR) is 61.3 cm³/mol. The zero-order chi connectivity index (χ0) is 11.6. The Morgan fingerprint density at radius 3 is 1.93 bits per heavy atom. The van der Waals surface area contributed by atoms with E-state index >= 15 is 0 Å². The molecule has 0 aliphatic carbocycles. The van der Waals surface area contributed by atoms with Crippen LogP contribution in [0.2, 0.25) is 0 Å². The van der Waals surface area contributed by atoms with Crippen molar-refractivity contribution in [3.63, 3.8) is 0 Å². The van der Waals surface area contributed by atoms with Gasteiger partial charge in [-0.1, -0.05) is 26.0 Å². The van der Waals surface area contributed by atoms with Crippen LogP contribution in [0.3, 0.4) is 0 Å². The maximum atomic E-state index is 11.2. The van der Waals surface area contributed by atoms with Gasteiger partial charge in [-0.25, -0.2) is 8.42 Å². The quantitative estimate of drug-likeness (QED) is 0.855. The van der Waals surface area contributed by atoms with Crippen molar-refractivity contribution in [2.75, 3.05) is 6.26 Å². The lowest BCUT2D eigenvalue weighted by Gasteiger charge is -2.15. The zero-order valence-electron chi connectivity index (χ0n) is 9.27. The van der Waals surface area contributed by atoms with Gasteiger partial charge in [0.15, 0.2) is 9.84 Å². The summed E-state index contributed by atoms with van der Waals surface area (Å²) in [5.74, 6) is 0.342. The molecule has 1 aromatic carbocycles. The molecule has 1 aromatic rings. The standard InChI is InChI=1S/C11H17NO2S/c1-8(2)11(12)9-4-6-10(7-5-9)15(3,13)14/h4-8,11H,12H2,1-3H3/t11-/m1/s1. The van der Waals surface area contributed by atoms with E-state index in [4.69, 9.17) is 5.73 Å². The van der Waals surface area contributed by atoms with Gasteiger partial charge >= 0.3 is 0 Å². The minimum Gasteiger partial charge on any atom is -0.324 e. The van der Waals surface area contributed by atoms with E-state index in [1.165, 1.54) is 6.26 Å². The molecule has 1 rings (SSSR count). The van der Waals surface area contributed by atoms with Gasteiger partial charge in [0.25, 0.3) is 0 Å². The van der Waals surface area contributed by atoms with Gasteiger partial charge < -0.3 is 5.73 Å². The van der Waals surface area contributed by atoms with E-state index in [0.29, 0.717) is 10.8 Å². The maximum Gasteiger partial charge on any atom is 0.175 e. The number of sulfone groups is 1. The Morgan fingerprint density at radius 2 is 1.60 bits per heavy atom. The lowest BCUT2D eigenvalue weighted by atomic mass is 9.97. The van der Waals surface area contributed by atoms with Crippen molar-refractivity contribution < 1.29 is 8.42 Å². The Balaban J connectivity index is 3.01. The second-order valence-corrected chi connectivity index (χ2v) is 6.13. The van der Waals surface area contributed by atoms with Crippen LogP contribution in [-0.4, -0.2) is 14.7 Å². The van der Waals surface area contributed by atoms with Crippen LogP contribution in [0.15, 0.2) is 29.2 Å². The minimum atomic E-state index is -3.11. The summed E-state index contributed by atoms with van der Waals surface area (Å²) in [5.41, 5.74) is 6.92. The van der Waals surface area contributed by atoms with Crippen molar-refractivity contribution in [3.05, 3.63) is 29.8 Å². The van der Waals surface area contributed by atoms with E-state index in [-0.39, 0.29) is 6.04 Å². The highest BCUT2D eigenvalue weighted by Gasteiger charge is 2.12. The summed E-state index contributed by atoms with van der Waals surface area (Å²) in [6.07, 6.45) is 1.20. The van der Waals surface area contributed by atoms with E-state index in [0.717, 1.165) is 5.56 Å². The fraction of sp³-hybridized carbons (Fsp3) is 0.455. The summed E-state index contributed by atoms with van der Waals surface area (Å²) in [4.78, 5) is 0.335. The summed E-state index contributed by atoms with van der Waals surface area (Å²) in [6, 6.07) is 6.72. The third-order valence-electron chi connectivity index (χ3n) is 2.41. The maximum absolute atomic E-state index is 11.2. The predicted octanol–water partition coefficient (Wildman–Crippen LogP) is 1.75. The average molecular weight is 227 g/mol. The van der Waals surface area contributed by atoms with Crippen molar-refractivity contribution >= 4 is 9.84 Å². The van der Waals surface area contributed by atoms with Gasteiger partial charge in [0.05, 0.1) is 4.90 Å². The van der Waals surface area contributed by atoms with Gasteiger partial charge in [-0.15, -0.1) is 0 Å². The molecule has 0 aliphatic rings. The Kier molecular flexibility index (Phi) is 3.52. The molecule has 0 unspecified atom stereocenters. The number of hydrogen-bond donors (Lipinski definition) is 1. The normalized spacial score (nSPS) is 14.2. The molecule has 0 radical (unpaired) electrons. The molecule has 0 amide bonds.